The summed E-state index contributed by atoms with van der Waals surface area (Å²) in [5.74, 6) is 0.574. The van der Waals surface area contributed by atoms with E-state index in [1.165, 1.54) is 5.56 Å². The van der Waals surface area contributed by atoms with Gasteiger partial charge in [0.25, 0.3) is 0 Å². The summed E-state index contributed by atoms with van der Waals surface area (Å²) in [4.78, 5) is 2.26. The summed E-state index contributed by atoms with van der Waals surface area (Å²) in [6.07, 6.45) is 1.61. The van der Waals surface area contributed by atoms with Gasteiger partial charge in [-0.2, -0.15) is 0 Å². The van der Waals surface area contributed by atoms with Crippen LogP contribution in [-0.2, 0) is 6.54 Å². The van der Waals surface area contributed by atoms with Crippen molar-refractivity contribution in [3.63, 3.8) is 0 Å². The van der Waals surface area contributed by atoms with Gasteiger partial charge >= 0.3 is 0 Å². The van der Waals surface area contributed by atoms with Gasteiger partial charge in [0.15, 0.2) is 0 Å². The fraction of sp³-hybridized carbons (Fsp3) is 0.600. The molecule has 96 valence electrons. The number of rotatable bonds is 7. The number of hydrogen-bond donors (Lipinski definition) is 1. The zero-order chi connectivity index (χ0) is 12.7. The summed E-state index contributed by atoms with van der Waals surface area (Å²) in [5, 5.41) is 9.81. The molecule has 0 saturated carbocycles. The van der Waals surface area contributed by atoms with Crippen LogP contribution in [-0.4, -0.2) is 29.7 Å². The van der Waals surface area contributed by atoms with E-state index in [0.717, 1.165) is 25.9 Å². The Labute approximate surface area is 105 Å². The Hall–Kier alpha value is -0.860. The molecule has 0 aromatic heterocycles. The topological polar surface area (TPSA) is 23.5 Å². The second-order valence-electron chi connectivity index (χ2n) is 5.30. The highest BCUT2D eigenvalue weighted by atomic mass is 16.3. The van der Waals surface area contributed by atoms with Crippen LogP contribution in [0.1, 0.15) is 32.3 Å². The molecular formula is C15H25NO. The Balaban J connectivity index is 2.23. The first-order valence-corrected chi connectivity index (χ1v) is 6.48. The summed E-state index contributed by atoms with van der Waals surface area (Å²) in [6, 6.07) is 10.4. The van der Waals surface area contributed by atoms with Crippen LogP contribution in [0.5, 0.6) is 0 Å². The molecule has 1 aromatic rings. The van der Waals surface area contributed by atoms with Crippen molar-refractivity contribution >= 4 is 0 Å². The van der Waals surface area contributed by atoms with E-state index >= 15 is 0 Å². The maximum atomic E-state index is 9.81. The van der Waals surface area contributed by atoms with Crippen LogP contribution < -0.4 is 0 Å². The summed E-state index contributed by atoms with van der Waals surface area (Å²) < 4.78 is 0. The van der Waals surface area contributed by atoms with Gasteiger partial charge in [0.2, 0.25) is 0 Å². The third-order valence-corrected chi connectivity index (χ3v) is 2.88. The van der Waals surface area contributed by atoms with Crippen LogP contribution in [0.2, 0.25) is 0 Å². The lowest BCUT2D eigenvalue weighted by molar-refractivity contribution is 0.124. The van der Waals surface area contributed by atoms with Crippen molar-refractivity contribution in [1.29, 1.82) is 0 Å². The molecule has 0 bridgehead atoms. The molecule has 1 atom stereocenters. The van der Waals surface area contributed by atoms with Crippen molar-refractivity contribution in [2.24, 2.45) is 5.92 Å². The van der Waals surface area contributed by atoms with Gasteiger partial charge in [-0.15, -0.1) is 0 Å². The average molecular weight is 235 g/mol. The number of aliphatic hydroxyl groups excluding tert-OH is 1. The maximum absolute atomic E-state index is 9.81. The van der Waals surface area contributed by atoms with Gasteiger partial charge in [0, 0.05) is 13.1 Å². The summed E-state index contributed by atoms with van der Waals surface area (Å²) in [5.41, 5.74) is 1.33. The fourth-order valence-electron chi connectivity index (χ4n) is 2.01. The molecule has 0 spiro atoms. The third kappa shape index (κ3) is 6.44. The quantitative estimate of drug-likeness (QED) is 0.785. The van der Waals surface area contributed by atoms with Crippen molar-refractivity contribution in [2.45, 2.75) is 39.3 Å². The second-order valence-corrected chi connectivity index (χ2v) is 5.30. The Bertz CT molecular complexity index is 297. The number of hydrogen-bond acceptors (Lipinski definition) is 2. The van der Waals surface area contributed by atoms with Crippen LogP contribution in [0.15, 0.2) is 30.3 Å². The van der Waals surface area contributed by atoms with Crippen LogP contribution in [0.4, 0.5) is 0 Å². The van der Waals surface area contributed by atoms with Gasteiger partial charge in [0.1, 0.15) is 0 Å². The highest BCUT2D eigenvalue weighted by molar-refractivity contribution is 5.14. The smallest absolute Gasteiger partial charge is 0.0554 e. The molecule has 2 nitrogen and oxygen atoms in total. The predicted octanol–water partition coefficient (Wildman–Crippen LogP) is 2.92. The monoisotopic (exact) mass is 235 g/mol. The molecule has 0 aliphatic carbocycles. The first-order chi connectivity index (χ1) is 8.08. The van der Waals surface area contributed by atoms with Crippen molar-refractivity contribution in [3.05, 3.63) is 35.9 Å². The molecule has 17 heavy (non-hydrogen) atoms. The van der Waals surface area contributed by atoms with Crippen molar-refractivity contribution < 1.29 is 5.11 Å². The molecule has 0 aliphatic rings. The number of nitrogens with zero attached hydrogens (tertiary/aromatic N) is 1. The van der Waals surface area contributed by atoms with E-state index in [-0.39, 0.29) is 6.10 Å². The minimum Gasteiger partial charge on any atom is -0.393 e. The van der Waals surface area contributed by atoms with Gasteiger partial charge in [-0.05, 0) is 31.4 Å². The molecule has 1 N–H and O–H groups in total. The van der Waals surface area contributed by atoms with E-state index in [0.29, 0.717) is 5.92 Å². The maximum Gasteiger partial charge on any atom is 0.0554 e. The predicted molar refractivity (Wildman–Crippen MR) is 72.9 cm³/mol. The van der Waals surface area contributed by atoms with E-state index in [1.54, 1.807) is 0 Å². The van der Waals surface area contributed by atoms with Gasteiger partial charge < -0.3 is 10.0 Å². The van der Waals surface area contributed by atoms with Crippen LogP contribution in [0.25, 0.3) is 0 Å². The molecule has 2 heteroatoms. The zero-order valence-corrected chi connectivity index (χ0v) is 11.3. The molecule has 0 amide bonds. The van der Waals surface area contributed by atoms with E-state index in [1.807, 2.05) is 6.07 Å². The lowest BCUT2D eigenvalue weighted by Crippen LogP contribution is -2.23. The van der Waals surface area contributed by atoms with Crippen LogP contribution in [0, 0.1) is 5.92 Å². The van der Waals surface area contributed by atoms with E-state index in [2.05, 4.69) is 50.1 Å². The summed E-state index contributed by atoms with van der Waals surface area (Å²) in [7, 11) is 2.11. The summed E-state index contributed by atoms with van der Waals surface area (Å²) >= 11 is 0. The largest absolute Gasteiger partial charge is 0.393 e. The lowest BCUT2D eigenvalue weighted by atomic mass is 10.0. The minimum atomic E-state index is -0.159. The Kier molecular flexibility index (Phi) is 6.23. The van der Waals surface area contributed by atoms with Gasteiger partial charge in [0.05, 0.1) is 6.10 Å². The van der Waals surface area contributed by atoms with Gasteiger partial charge in [-0.25, -0.2) is 0 Å². The molecule has 1 rings (SSSR count). The zero-order valence-electron chi connectivity index (χ0n) is 11.3. The van der Waals surface area contributed by atoms with Gasteiger partial charge in [-0.3, -0.25) is 0 Å². The molecule has 0 fully saturated rings. The van der Waals surface area contributed by atoms with Crippen molar-refractivity contribution in [1.82, 2.24) is 4.90 Å². The first kappa shape index (κ1) is 14.2. The van der Waals surface area contributed by atoms with Gasteiger partial charge in [-0.1, -0.05) is 44.2 Å². The second kappa shape index (κ2) is 7.46. The van der Waals surface area contributed by atoms with E-state index in [9.17, 15) is 5.11 Å². The number of aliphatic hydroxyl groups is 1. The van der Waals surface area contributed by atoms with E-state index < -0.39 is 0 Å². The molecule has 0 aliphatic heterocycles. The Morgan fingerprint density at radius 2 is 1.82 bits per heavy atom. The first-order valence-electron chi connectivity index (χ1n) is 6.48. The Morgan fingerprint density at radius 1 is 1.18 bits per heavy atom. The fourth-order valence-corrected chi connectivity index (χ4v) is 2.01. The SMILES string of the molecule is CC(C)C[C@@H](O)CCN(C)Cc1ccccc1. The minimum absolute atomic E-state index is 0.159. The Morgan fingerprint density at radius 3 is 2.41 bits per heavy atom. The standard InChI is InChI=1S/C15H25NO/c1-13(2)11-15(17)9-10-16(3)12-14-7-5-4-6-8-14/h4-8,13,15,17H,9-12H2,1-3H3/t15-/m0/s1. The van der Waals surface area contributed by atoms with Crippen molar-refractivity contribution in [3.8, 4) is 0 Å². The molecule has 0 unspecified atom stereocenters. The average Bonchev–Trinajstić information content (AvgIpc) is 2.27. The molecule has 0 radical (unpaired) electrons. The molecule has 0 heterocycles. The molecular weight excluding hydrogens is 210 g/mol. The van der Waals surface area contributed by atoms with E-state index in [4.69, 9.17) is 0 Å². The molecule has 0 saturated heterocycles. The lowest BCUT2D eigenvalue weighted by Gasteiger charge is -2.19. The summed E-state index contributed by atoms with van der Waals surface area (Å²) in [6.45, 7) is 6.20. The normalized spacial score (nSPS) is 13.3. The molecule has 1 aromatic carbocycles. The third-order valence-electron chi connectivity index (χ3n) is 2.88. The highest BCUT2D eigenvalue weighted by Gasteiger charge is 2.08. The van der Waals surface area contributed by atoms with Crippen LogP contribution >= 0.6 is 0 Å². The number of benzene rings is 1. The van der Waals surface area contributed by atoms with Crippen molar-refractivity contribution in [2.75, 3.05) is 13.6 Å². The van der Waals surface area contributed by atoms with Crippen LogP contribution in [0.3, 0.4) is 0 Å². The highest BCUT2D eigenvalue weighted by Crippen LogP contribution is 2.09.